The van der Waals surface area contributed by atoms with Crippen LogP contribution in [0.15, 0.2) is 54.7 Å². The molecule has 0 aliphatic carbocycles. The zero-order chi connectivity index (χ0) is 16.4. The summed E-state index contributed by atoms with van der Waals surface area (Å²) in [4.78, 5) is 12.5. The normalized spacial score (nSPS) is 10.6. The molecule has 5 heteroatoms. The molecule has 2 aromatic carbocycles. The number of hydrogen-bond acceptors (Lipinski definition) is 2. The molecule has 1 N–H and O–H groups in total. The molecule has 0 saturated carbocycles. The van der Waals surface area contributed by atoms with Gasteiger partial charge in [-0.25, -0.2) is 4.68 Å². The highest BCUT2D eigenvalue weighted by molar-refractivity contribution is 6.33. The monoisotopic (exact) mass is 325 g/mol. The van der Waals surface area contributed by atoms with Crippen molar-refractivity contribution in [2.24, 2.45) is 0 Å². The standard InChI is InChI=1S/C18H16ClN3O/c1-12-8-13(2)10-14(9-12)21-18(23)16-11-20-22(17(16)19)15-6-4-3-5-7-15/h3-11H,1-2H3,(H,21,23). The van der Waals surface area contributed by atoms with Crippen molar-refractivity contribution < 1.29 is 4.79 Å². The molecule has 0 unspecified atom stereocenters. The number of nitrogens with zero attached hydrogens (tertiary/aromatic N) is 2. The second kappa shape index (κ2) is 6.26. The van der Waals surface area contributed by atoms with E-state index < -0.39 is 0 Å². The maximum Gasteiger partial charge on any atom is 0.260 e. The minimum atomic E-state index is -0.276. The fourth-order valence-electron chi connectivity index (χ4n) is 2.48. The predicted molar refractivity (Wildman–Crippen MR) is 92.4 cm³/mol. The maximum absolute atomic E-state index is 12.5. The Morgan fingerprint density at radius 2 is 1.74 bits per heavy atom. The van der Waals surface area contributed by atoms with Crippen LogP contribution in [-0.4, -0.2) is 15.7 Å². The van der Waals surface area contributed by atoms with Gasteiger partial charge in [-0.2, -0.15) is 5.10 Å². The van der Waals surface area contributed by atoms with Gasteiger partial charge < -0.3 is 5.32 Å². The van der Waals surface area contributed by atoms with Crippen LogP contribution in [0.25, 0.3) is 5.69 Å². The zero-order valence-corrected chi connectivity index (χ0v) is 13.6. The number of nitrogens with one attached hydrogen (secondary N) is 1. The van der Waals surface area contributed by atoms with Gasteiger partial charge in [-0.1, -0.05) is 35.9 Å². The Bertz CT molecular complexity index is 836. The van der Waals surface area contributed by atoms with Crippen LogP contribution in [0.3, 0.4) is 0 Å². The highest BCUT2D eigenvalue weighted by Crippen LogP contribution is 2.22. The molecule has 1 aromatic heterocycles. The van der Waals surface area contributed by atoms with Crippen molar-refractivity contribution in [1.82, 2.24) is 9.78 Å². The molecule has 0 aliphatic rings. The molecule has 0 bridgehead atoms. The lowest BCUT2D eigenvalue weighted by Gasteiger charge is -2.07. The van der Waals surface area contributed by atoms with Crippen LogP contribution in [0.1, 0.15) is 21.5 Å². The van der Waals surface area contributed by atoms with E-state index in [1.54, 1.807) is 0 Å². The second-order valence-corrected chi connectivity index (χ2v) is 5.78. The zero-order valence-electron chi connectivity index (χ0n) is 12.9. The molecular weight excluding hydrogens is 310 g/mol. The van der Waals surface area contributed by atoms with E-state index in [4.69, 9.17) is 11.6 Å². The van der Waals surface area contributed by atoms with Crippen molar-refractivity contribution in [1.29, 1.82) is 0 Å². The Balaban J connectivity index is 1.87. The third kappa shape index (κ3) is 3.27. The summed E-state index contributed by atoms with van der Waals surface area (Å²) in [6.07, 6.45) is 1.48. The van der Waals surface area contributed by atoms with E-state index >= 15 is 0 Å². The number of aryl methyl sites for hydroxylation is 2. The quantitative estimate of drug-likeness (QED) is 0.776. The molecule has 0 radical (unpaired) electrons. The summed E-state index contributed by atoms with van der Waals surface area (Å²) in [5.74, 6) is -0.276. The van der Waals surface area contributed by atoms with Gasteiger partial charge in [0.2, 0.25) is 0 Å². The van der Waals surface area contributed by atoms with Crippen molar-refractivity contribution >= 4 is 23.2 Å². The number of carbonyl (C=O) groups excluding carboxylic acids is 1. The highest BCUT2D eigenvalue weighted by Gasteiger charge is 2.17. The first kappa shape index (κ1) is 15.3. The average Bonchev–Trinajstić information content (AvgIpc) is 2.89. The lowest BCUT2D eigenvalue weighted by atomic mass is 10.1. The van der Waals surface area contributed by atoms with E-state index in [2.05, 4.69) is 16.5 Å². The van der Waals surface area contributed by atoms with Crippen LogP contribution in [-0.2, 0) is 0 Å². The Kier molecular flexibility index (Phi) is 4.17. The minimum absolute atomic E-state index is 0.276. The SMILES string of the molecule is Cc1cc(C)cc(NC(=O)c2cnn(-c3ccccc3)c2Cl)c1. The summed E-state index contributed by atoms with van der Waals surface area (Å²) in [6, 6.07) is 15.3. The first-order valence-corrected chi connectivity index (χ1v) is 7.61. The summed E-state index contributed by atoms with van der Waals surface area (Å²) < 4.78 is 1.54. The van der Waals surface area contributed by atoms with E-state index in [1.807, 2.05) is 56.3 Å². The number of benzene rings is 2. The summed E-state index contributed by atoms with van der Waals surface area (Å²) >= 11 is 6.32. The van der Waals surface area contributed by atoms with Gasteiger partial charge in [0.1, 0.15) is 5.15 Å². The largest absolute Gasteiger partial charge is 0.322 e. The van der Waals surface area contributed by atoms with Crippen molar-refractivity contribution in [3.05, 3.63) is 76.6 Å². The van der Waals surface area contributed by atoms with Crippen LogP contribution in [0.4, 0.5) is 5.69 Å². The van der Waals surface area contributed by atoms with Gasteiger partial charge in [-0.05, 0) is 49.2 Å². The molecular formula is C18H16ClN3O. The van der Waals surface area contributed by atoms with E-state index in [0.29, 0.717) is 5.56 Å². The number of aromatic nitrogens is 2. The molecule has 0 spiro atoms. The number of anilines is 1. The molecule has 116 valence electrons. The van der Waals surface area contributed by atoms with E-state index in [0.717, 1.165) is 22.5 Å². The Hall–Kier alpha value is -2.59. The third-order valence-electron chi connectivity index (χ3n) is 3.44. The molecule has 0 atom stereocenters. The molecule has 0 fully saturated rings. The molecule has 3 rings (SSSR count). The predicted octanol–water partition coefficient (Wildman–Crippen LogP) is 4.39. The van der Waals surface area contributed by atoms with Crippen LogP contribution in [0.5, 0.6) is 0 Å². The van der Waals surface area contributed by atoms with E-state index in [9.17, 15) is 4.79 Å². The van der Waals surface area contributed by atoms with Gasteiger partial charge in [-0.15, -0.1) is 0 Å². The molecule has 1 heterocycles. The number of rotatable bonds is 3. The number of carbonyl (C=O) groups is 1. The Labute approximate surface area is 139 Å². The fourth-order valence-corrected chi connectivity index (χ4v) is 2.76. The second-order valence-electron chi connectivity index (χ2n) is 5.43. The molecule has 3 aromatic rings. The molecule has 0 saturated heterocycles. The average molecular weight is 326 g/mol. The van der Waals surface area contributed by atoms with E-state index in [-0.39, 0.29) is 11.1 Å². The van der Waals surface area contributed by atoms with Crippen LogP contribution in [0.2, 0.25) is 5.15 Å². The van der Waals surface area contributed by atoms with Crippen LogP contribution in [0, 0.1) is 13.8 Å². The summed E-state index contributed by atoms with van der Waals surface area (Å²) in [5, 5.41) is 7.37. The van der Waals surface area contributed by atoms with Gasteiger partial charge >= 0.3 is 0 Å². The van der Waals surface area contributed by atoms with Gasteiger partial charge in [0.15, 0.2) is 0 Å². The maximum atomic E-state index is 12.5. The first-order chi connectivity index (χ1) is 11.0. The topological polar surface area (TPSA) is 46.9 Å². The third-order valence-corrected chi connectivity index (χ3v) is 3.80. The van der Waals surface area contributed by atoms with Gasteiger partial charge in [0.25, 0.3) is 5.91 Å². The number of halogens is 1. The van der Waals surface area contributed by atoms with Gasteiger partial charge in [0.05, 0.1) is 17.4 Å². The molecule has 1 amide bonds. The number of para-hydroxylation sites is 1. The van der Waals surface area contributed by atoms with Crippen molar-refractivity contribution in [2.45, 2.75) is 13.8 Å². The van der Waals surface area contributed by atoms with Crippen molar-refractivity contribution in [2.75, 3.05) is 5.32 Å². The summed E-state index contributed by atoms with van der Waals surface area (Å²) in [6.45, 7) is 3.98. The molecule has 23 heavy (non-hydrogen) atoms. The van der Waals surface area contributed by atoms with Gasteiger partial charge in [-0.3, -0.25) is 4.79 Å². The molecule has 4 nitrogen and oxygen atoms in total. The Morgan fingerprint density at radius 3 is 2.39 bits per heavy atom. The first-order valence-electron chi connectivity index (χ1n) is 7.23. The van der Waals surface area contributed by atoms with Crippen LogP contribution >= 0.6 is 11.6 Å². The minimum Gasteiger partial charge on any atom is -0.322 e. The van der Waals surface area contributed by atoms with Crippen molar-refractivity contribution in [3.63, 3.8) is 0 Å². The van der Waals surface area contributed by atoms with E-state index in [1.165, 1.54) is 10.9 Å². The fraction of sp³-hybridized carbons (Fsp3) is 0.111. The number of hydrogen-bond donors (Lipinski definition) is 1. The lowest BCUT2D eigenvalue weighted by Crippen LogP contribution is -2.12. The van der Waals surface area contributed by atoms with Crippen molar-refractivity contribution in [3.8, 4) is 5.69 Å². The van der Waals surface area contributed by atoms with Gasteiger partial charge in [0, 0.05) is 5.69 Å². The van der Waals surface area contributed by atoms with Crippen LogP contribution < -0.4 is 5.32 Å². The smallest absolute Gasteiger partial charge is 0.260 e. The lowest BCUT2D eigenvalue weighted by molar-refractivity contribution is 0.102. The number of amides is 1. The summed E-state index contributed by atoms with van der Waals surface area (Å²) in [7, 11) is 0. The highest BCUT2D eigenvalue weighted by atomic mass is 35.5. The Morgan fingerprint density at radius 1 is 1.09 bits per heavy atom. The molecule has 0 aliphatic heterocycles. The summed E-state index contributed by atoms with van der Waals surface area (Å²) in [5.41, 5.74) is 4.08.